The zero-order valence-corrected chi connectivity index (χ0v) is 18.5. The van der Waals surface area contributed by atoms with E-state index in [0.717, 1.165) is 5.56 Å². The van der Waals surface area contributed by atoms with Gasteiger partial charge in [0.1, 0.15) is 6.33 Å². The van der Waals surface area contributed by atoms with Gasteiger partial charge in [-0.1, -0.05) is 13.8 Å². The van der Waals surface area contributed by atoms with E-state index in [4.69, 9.17) is 0 Å². The molecule has 1 heterocycles. The molecule has 3 aromatic rings. The van der Waals surface area contributed by atoms with Crippen molar-refractivity contribution in [3.05, 3.63) is 54.9 Å². The fraction of sp³-hybridized carbons (Fsp3) is 0.263. The number of sulfonamides is 2. The zero-order valence-electron chi connectivity index (χ0n) is 16.8. The summed E-state index contributed by atoms with van der Waals surface area (Å²) >= 11 is 0. The number of rotatable bonds is 8. The molecule has 9 nitrogen and oxygen atoms in total. The Morgan fingerprint density at radius 2 is 1.47 bits per heavy atom. The van der Waals surface area contributed by atoms with E-state index in [1.807, 2.05) is 7.05 Å². The van der Waals surface area contributed by atoms with Crippen LogP contribution in [-0.4, -0.2) is 49.0 Å². The molecule has 0 unspecified atom stereocenters. The highest BCUT2D eigenvalue weighted by Crippen LogP contribution is 2.23. The molecular formula is C19H23N5O4S2. The Morgan fingerprint density at radius 1 is 0.900 bits per heavy atom. The van der Waals surface area contributed by atoms with Gasteiger partial charge in [-0.15, -0.1) is 10.2 Å². The minimum atomic E-state index is -3.87. The van der Waals surface area contributed by atoms with Gasteiger partial charge in [-0.25, -0.2) is 16.8 Å². The van der Waals surface area contributed by atoms with Crippen molar-refractivity contribution >= 4 is 25.7 Å². The lowest BCUT2D eigenvalue weighted by atomic mass is 10.2. The maximum atomic E-state index is 12.7. The largest absolute Gasteiger partial charge is 0.317 e. The Bertz CT molecular complexity index is 1210. The number of nitrogens with zero attached hydrogens (tertiary/aromatic N) is 4. The van der Waals surface area contributed by atoms with Gasteiger partial charge in [0.25, 0.3) is 10.0 Å². The van der Waals surface area contributed by atoms with Crippen LogP contribution in [0.25, 0.3) is 11.4 Å². The molecule has 0 bridgehead atoms. The second-order valence-corrected chi connectivity index (χ2v) is 10.1. The fourth-order valence-corrected chi connectivity index (χ4v) is 5.47. The third-order valence-electron chi connectivity index (χ3n) is 4.58. The van der Waals surface area contributed by atoms with Crippen LogP contribution in [0.15, 0.2) is 64.6 Å². The molecule has 3 rings (SSSR count). The molecule has 0 amide bonds. The first kappa shape index (κ1) is 21.9. The summed E-state index contributed by atoms with van der Waals surface area (Å²) in [5.74, 6) is 0.661. The summed E-state index contributed by atoms with van der Waals surface area (Å²) in [6.07, 6.45) is 1.58. The number of anilines is 1. The summed E-state index contributed by atoms with van der Waals surface area (Å²) in [6, 6.07) is 11.9. The van der Waals surface area contributed by atoms with Crippen LogP contribution in [0.4, 0.5) is 5.69 Å². The van der Waals surface area contributed by atoms with Crippen molar-refractivity contribution in [2.45, 2.75) is 23.6 Å². The Kier molecular flexibility index (Phi) is 6.25. The predicted molar refractivity (Wildman–Crippen MR) is 114 cm³/mol. The van der Waals surface area contributed by atoms with Crippen LogP contribution in [0.3, 0.4) is 0 Å². The van der Waals surface area contributed by atoms with Gasteiger partial charge in [-0.3, -0.25) is 4.72 Å². The molecule has 0 aliphatic rings. The topological polar surface area (TPSA) is 114 Å². The molecule has 0 atom stereocenters. The molecule has 1 N–H and O–H groups in total. The van der Waals surface area contributed by atoms with E-state index >= 15 is 0 Å². The average molecular weight is 450 g/mol. The van der Waals surface area contributed by atoms with Gasteiger partial charge >= 0.3 is 0 Å². The zero-order chi connectivity index (χ0) is 21.9. The molecule has 0 aliphatic carbocycles. The number of aromatic nitrogens is 3. The molecule has 0 radical (unpaired) electrons. The summed E-state index contributed by atoms with van der Waals surface area (Å²) in [7, 11) is -5.70. The lowest BCUT2D eigenvalue weighted by Crippen LogP contribution is -2.30. The van der Waals surface area contributed by atoms with E-state index < -0.39 is 20.0 Å². The molecule has 2 aromatic carbocycles. The summed E-state index contributed by atoms with van der Waals surface area (Å²) in [6.45, 7) is 4.18. The first-order chi connectivity index (χ1) is 14.2. The molecule has 160 valence electrons. The number of aryl methyl sites for hydroxylation is 1. The quantitative estimate of drug-likeness (QED) is 0.564. The van der Waals surface area contributed by atoms with Crippen molar-refractivity contribution in [2.24, 2.45) is 7.05 Å². The van der Waals surface area contributed by atoms with Gasteiger partial charge in [0.15, 0.2) is 5.82 Å². The molecule has 0 spiro atoms. The summed E-state index contributed by atoms with van der Waals surface area (Å²) in [4.78, 5) is 0.0246. The second kappa shape index (κ2) is 8.54. The third kappa shape index (κ3) is 4.37. The van der Waals surface area contributed by atoms with E-state index in [0.29, 0.717) is 24.6 Å². The van der Waals surface area contributed by atoms with Crippen molar-refractivity contribution in [2.75, 3.05) is 17.8 Å². The van der Waals surface area contributed by atoms with Gasteiger partial charge < -0.3 is 4.57 Å². The lowest BCUT2D eigenvalue weighted by molar-refractivity contribution is 0.445. The third-order valence-corrected chi connectivity index (χ3v) is 8.05. The van der Waals surface area contributed by atoms with E-state index in [1.54, 1.807) is 49.0 Å². The van der Waals surface area contributed by atoms with Gasteiger partial charge in [0.05, 0.1) is 9.79 Å². The second-order valence-electron chi connectivity index (χ2n) is 6.51. The summed E-state index contributed by atoms with van der Waals surface area (Å²) in [5, 5.41) is 7.83. The van der Waals surface area contributed by atoms with Crippen LogP contribution >= 0.6 is 0 Å². The van der Waals surface area contributed by atoms with Crippen molar-refractivity contribution in [1.29, 1.82) is 0 Å². The molecule has 0 saturated carbocycles. The highest BCUT2D eigenvalue weighted by atomic mass is 32.2. The van der Waals surface area contributed by atoms with Gasteiger partial charge in [0, 0.05) is 31.4 Å². The monoisotopic (exact) mass is 449 g/mol. The van der Waals surface area contributed by atoms with Crippen LogP contribution in [0.5, 0.6) is 0 Å². The molecule has 11 heteroatoms. The van der Waals surface area contributed by atoms with Crippen LogP contribution in [0.1, 0.15) is 13.8 Å². The van der Waals surface area contributed by atoms with Crippen molar-refractivity contribution in [3.8, 4) is 11.4 Å². The smallest absolute Gasteiger partial charge is 0.261 e. The summed E-state index contributed by atoms with van der Waals surface area (Å²) < 4.78 is 56.0. The fourth-order valence-electron chi connectivity index (χ4n) is 2.95. The highest BCUT2D eigenvalue weighted by molar-refractivity contribution is 7.92. The van der Waals surface area contributed by atoms with Crippen molar-refractivity contribution < 1.29 is 16.8 Å². The molecule has 0 aliphatic heterocycles. The number of hydrogen-bond donors (Lipinski definition) is 1. The first-order valence-electron chi connectivity index (χ1n) is 9.26. The van der Waals surface area contributed by atoms with Crippen LogP contribution < -0.4 is 4.72 Å². The molecule has 1 aromatic heterocycles. The van der Waals surface area contributed by atoms with Crippen LogP contribution in [-0.2, 0) is 27.1 Å². The van der Waals surface area contributed by atoms with Crippen LogP contribution in [0, 0.1) is 0 Å². The minimum Gasteiger partial charge on any atom is -0.317 e. The van der Waals surface area contributed by atoms with E-state index in [1.165, 1.54) is 28.6 Å². The first-order valence-corrected chi connectivity index (χ1v) is 12.2. The standard InChI is InChI=1S/C19H23N5O4S2/c1-4-24(5-2)30(27,28)18-12-10-17(11-13-18)29(25,26)22-16-8-6-15(7-9-16)19-21-20-14-23(19)3/h6-14,22H,4-5H2,1-3H3. The maximum Gasteiger partial charge on any atom is 0.261 e. The Hall–Kier alpha value is -2.76. The SMILES string of the molecule is CCN(CC)S(=O)(=O)c1ccc(S(=O)(=O)Nc2ccc(-c3nncn3C)cc2)cc1. The Balaban J connectivity index is 1.80. The molecule has 0 fully saturated rings. The van der Waals surface area contributed by atoms with Crippen molar-refractivity contribution in [1.82, 2.24) is 19.1 Å². The normalized spacial score (nSPS) is 12.3. The molecular weight excluding hydrogens is 426 g/mol. The number of hydrogen-bond acceptors (Lipinski definition) is 6. The highest BCUT2D eigenvalue weighted by Gasteiger charge is 2.23. The molecule has 30 heavy (non-hydrogen) atoms. The van der Waals surface area contributed by atoms with Gasteiger partial charge in [0.2, 0.25) is 10.0 Å². The average Bonchev–Trinajstić information content (AvgIpc) is 3.15. The maximum absolute atomic E-state index is 12.7. The lowest BCUT2D eigenvalue weighted by Gasteiger charge is -2.18. The molecule has 0 saturated heterocycles. The van der Waals surface area contributed by atoms with E-state index in [-0.39, 0.29) is 9.79 Å². The summed E-state index contributed by atoms with van der Waals surface area (Å²) in [5.41, 5.74) is 1.17. The Labute approximate surface area is 176 Å². The van der Waals surface area contributed by atoms with Crippen molar-refractivity contribution in [3.63, 3.8) is 0 Å². The predicted octanol–water partition coefficient (Wildman–Crippen LogP) is 2.31. The minimum absolute atomic E-state index is 0.0293. The van der Waals surface area contributed by atoms with E-state index in [9.17, 15) is 16.8 Å². The number of nitrogens with one attached hydrogen (secondary N) is 1. The van der Waals surface area contributed by atoms with E-state index in [2.05, 4.69) is 14.9 Å². The number of benzene rings is 2. The van der Waals surface area contributed by atoms with Gasteiger partial charge in [-0.2, -0.15) is 4.31 Å². The Morgan fingerprint density at radius 3 is 1.97 bits per heavy atom. The van der Waals surface area contributed by atoms with Crippen LogP contribution in [0.2, 0.25) is 0 Å². The van der Waals surface area contributed by atoms with Gasteiger partial charge in [-0.05, 0) is 48.5 Å².